The van der Waals surface area contributed by atoms with Gasteiger partial charge in [0.05, 0.1) is 23.5 Å². The number of methoxy groups -OCH3 is 1. The Labute approximate surface area is 171 Å². The number of pyridine rings is 1. The van der Waals surface area contributed by atoms with Gasteiger partial charge in [-0.05, 0) is 49.4 Å². The summed E-state index contributed by atoms with van der Waals surface area (Å²) in [6, 6.07) is 7.94. The van der Waals surface area contributed by atoms with Crippen molar-refractivity contribution in [1.82, 2.24) is 4.98 Å². The number of aryl methyl sites for hydroxylation is 3. The minimum absolute atomic E-state index is 0.0866. The smallest absolute Gasteiger partial charge is 0.339 e. The predicted molar refractivity (Wildman–Crippen MR) is 114 cm³/mol. The van der Waals surface area contributed by atoms with Crippen LogP contribution in [0.5, 0.6) is 0 Å². The Kier molecular flexibility index (Phi) is 8.05. The molecule has 6 heteroatoms. The summed E-state index contributed by atoms with van der Waals surface area (Å²) in [5, 5.41) is 0.757. The number of hydrogen-bond acceptors (Lipinski definition) is 5. The van der Waals surface area contributed by atoms with E-state index in [4.69, 9.17) is 4.74 Å². The van der Waals surface area contributed by atoms with Crippen LogP contribution in [0.1, 0.15) is 47.3 Å². The van der Waals surface area contributed by atoms with Gasteiger partial charge in [0.1, 0.15) is 0 Å². The number of aromatic nitrogens is 1. The van der Waals surface area contributed by atoms with Gasteiger partial charge in [0.2, 0.25) is 5.91 Å². The fourth-order valence-electron chi connectivity index (χ4n) is 3.25. The monoisotopic (exact) mass is 400 g/mol. The van der Waals surface area contributed by atoms with Gasteiger partial charge in [-0.3, -0.25) is 4.79 Å². The SMILES string of the molecule is CC.COC(=O)c1cnc(SCC(=O)N2CCCc3cccc(C)c32)c(C)c1. The maximum absolute atomic E-state index is 12.8. The Morgan fingerprint density at radius 1 is 1.21 bits per heavy atom. The van der Waals surface area contributed by atoms with E-state index >= 15 is 0 Å². The van der Waals surface area contributed by atoms with Crippen LogP contribution in [-0.2, 0) is 16.0 Å². The molecule has 1 aliphatic heterocycles. The summed E-state index contributed by atoms with van der Waals surface area (Å²) >= 11 is 1.40. The average molecular weight is 401 g/mol. The van der Waals surface area contributed by atoms with Gasteiger partial charge in [0.25, 0.3) is 0 Å². The molecule has 1 aliphatic rings. The van der Waals surface area contributed by atoms with Crippen molar-refractivity contribution in [1.29, 1.82) is 0 Å². The average Bonchev–Trinajstić information content (AvgIpc) is 2.73. The molecule has 0 saturated heterocycles. The summed E-state index contributed by atoms with van der Waals surface area (Å²) in [4.78, 5) is 30.6. The van der Waals surface area contributed by atoms with Gasteiger partial charge in [-0.15, -0.1) is 0 Å². The van der Waals surface area contributed by atoms with E-state index in [2.05, 4.69) is 24.0 Å². The minimum atomic E-state index is -0.409. The van der Waals surface area contributed by atoms with Crippen molar-refractivity contribution in [2.75, 3.05) is 24.3 Å². The number of thioether (sulfide) groups is 1. The van der Waals surface area contributed by atoms with Crippen molar-refractivity contribution in [2.45, 2.75) is 45.6 Å². The lowest BCUT2D eigenvalue weighted by Crippen LogP contribution is -2.37. The molecular formula is C22H28N2O3S. The number of amides is 1. The number of para-hydroxylation sites is 1. The molecule has 0 aliphatic carbocycles. The lowest BCUT2D eigenvalue weighted by atomic mass is 9.98. The molecule has 1 amide bonds. The van der Waals surface area contributed by atoms with Gasteiger partial charge >= 0.3 is 5.97 Å². The highest BCUT2D eigenvalue weighted by molar-refractivity contribution is 8.00. The van der Waals surface area contributed by atoms with Crippen molar-refractivity contribution in [3.05, 3.63) is 52.7 Å². The molecule has 0 fully saturated rings. The van der Waals surface area contributed by atoms with Gasteiger partial charge in [-0.1, -0.05) is 43.8 Å². The molecule has 0 unspecified atom stereocenters. The van der Waals surface area contributed by atoms with Gasteiger partial charge < -0.3 is 9.64 Å². The lowest BCUT2D eigenvalue weighted by Gasteiger charge is -2.31. The third kappa shape index (κ3) is 4.93. The molecule has 3 rings (SSSR count). The summed E-state index contributed by atoms with van der Waals surface area (Å²) in [6.45, 7) is 8.69. The molecule has 28 heavy (non-hydrogen) atoms. The van der Waals surface area contributed by atoms with Gasteiger partial charge in [-0.25, -0.2) is 9.78 Å². The highest BCUT2D eigenvalue weighted by Crippen LogP contribution is 2.31. The second kappa shape index (κ2) is 10.3. The summed E-state index contributed by atoms with van der Waals surface area (Å²) in [5.74, 6) is -0.00348. The number of hydrogen-bond donors (Lipinski definition) is 0. The maximum Gasteiger partial charge on any atom is 0.339 e. The molecule has 0 N–H and O–H groups in total. The first-order valence-corrected chi connectivity index (χ1v) is 10.6. The van der Waals surface area contributed by atoms with Crippen LogP contribution in [0.3, 0.4) is 0 Å². The zero-order valence-electron chi connectivity index (χ0n) is 17.2. The van der Waals surface area contributed by atoms with Crippen LogP contribution in [0.15, 0.2) is 35.5 Å². The number of benzene rings is 1. The van der Waals surface area contributed by atoms with Crippen molar-refractivity contribution in [3.63, 3.8) is 0 Å². The Balaban J connectivity index is 0.00000136. The van der Waals surface area contributed by atoms with E-state index in [1.165, 1.54) is 30.6 Å². The second-order valence-corrected chi connectivity index (χ2v) is 7.32. The molecule has 1 aromatic heterocycles. The molecule has 2 aromatic rings. The van der Waals surface area contributed by atoms with Crippen molar-refractivity contribution < 1.29 is 14.3 Å². The molecule has 0 spiro atoms. The largest absolute Gasteiger partial charge is 0.465 e. The first-order chi connectivity index (χ1) is 13.5. The standard InChI is InChI=1S/C20H22N2O3S.C2H6/c1-13-6-4-7-15-8-5-9-22(18(13)15)17(23)12-26-19-14(2)10-16(11-21-19)20(24)25-3;1-2/h4,6-7,10-11H,5,8-9,12H2,1-3H3;1-2H3. The molecule has 0 bridgehead atoms. The number of anilines is 1. The van der Waals surface area contributed by atoms with Crippen LogP contribution >= 0.6 is 11.8 Å². The number of rotatable bonds is 4. The summed E-state index contributed by atoms with van der Waals surface area (Å²) < 4.78 is 4.71. The van der Waals surface area contributed by atoms with Crippen LogP contribution in [0.4, 0.5) is 5.69 Å². The Hall–Kier alpha value is -2.34. The van der Waals surface area contributed by atoms with Crippen LogP contribution in [0, 0.1) is 13.8 Å². The number of carbonyl (C=O) groups excluding carboxylic acids is 2. The van der Waals surface area contributed by atoms with Gasteiger partial charge in [-0.2, -0.15) is 0 Å². The van der Waals surface area contributed by atoms with Gasteiger partial charge in [0, 0.05) is 18.4 Å². The summed E-state index contributed by atoms with van der Waals surface area (Å²) in [5.41, 5.74) is 4.72. The zero-order chi connectivity index (χ0) is 20.7. The zero-order valence-corrected chi connectivity index (χ0v) is 18.1. The number of esters is 1. The third-order valence-electron chi connectivity index (χ3n) is 4.50. The molecule has 1 aromatic carbocycles. The molecular weight excluding hydrogens is 372 g/mol. The topological polar surface area (TPSA) is 59.5 Å². The number of nitrogens with zero attached hydrogens (tertiary/aromatic N) is 2. The molecule has 0 atom stereocenters. The van der Waals surface area contributed by atoms with Crippen LogP contribution in [-0.4, -0.2) is 36.3 Å². The van der Waals surface area contributed by atoms with E-state index < -0.39 is 5.97 Å². The van der Waals surface area contributed by atoms with Crippen LogP contribution in [0.25, 0.3) is 0 Å². The Morgan fingerprint density at radius 2 is 1.96 bits per heavy atom. The fraction of sp³-hybridized carbons (Fsp3) is 0.409. The van der Waals surface area contributed by atoms with E-state index in [-0.39, 0.29) is 5.91 Å². The fourth-order valence-corrected chi connectivity index (χ4v) is 4.08. The number of fused-ring (bicyclic) bond motifs is 1. The predicted octanol–water partition coefficient (Wildman–Crippen LogP) is 4.58. The molecule has 150 valence electrons. The molecule has 0 saturated carbocycles. The maximum atomic E-state index is 12.8. The highest BCUT2D eigenvalue weighted by Gasteiger charge is 2.24. The first kappa shape index (κ1) is 22.0. The summed E-state index contributed by atoms with van der Waals surface area (Å²) in [6.07, 6.45) is 3.49. The molecule has 0 radical (unpaired) electrons. The van der Waals surface area contributed by atoms with Crippen LogP contribution < -0.4 is 4.90 Å². The highest BCUT2D eigenvalue weighted by atomic mass is 32.2. The molecule has 5 nitrogen and oxygen atoms in total. The number of carbonyl (C=O) groups is 2. The third-order valence-corrected chi connectivity index (χ3v) is 5.60. The second-order valence-electron chi connectivity index (χ2n) is 6.36. The summed E-state index contributed by atoms with van der Waals surface area (Å²) in [7, 11) is 1.34. The minimum Gasteiger partial charge on any atom is -0.465 e. The van der Waals surface area contributed by atoms with E-state index in [0.29, 0.717) is 11.3 Å². The normalized spacial score (nSPS) is 12.5. The Morgan fingerprint density at radius 3 is 2.64 bits per heavy atom. The van der Waals surface area contributed by atoms with Crippen molar-refractivity contribution >= 4 is 29.3 Å². The Bertz CT molecular complexity index is 852. The quantitative estimate of drug-likeness (QED) is 0.555. The molecule has 2 heterocycles. The van der Waals surface area contributed by atoms with Crippen molar-refractivity contribution in [3.8, 4) is 0 Å². The van der Waals surface area contributed by atoms with Crippen molar-refractivity contribution in [2.24, 2.45) is 0 Å². The van der Waals surface area contributed by atoms with E-state index in [1.807, 2.05) is 31.7 Å². The first-order valence-electron chi connectivity index (χ1n) is 9.58. The van der Waals surface area contributed by atoms with Gasteiger partial charge in [0.15, 0.2) is 0 Å². The van der Waals surface area contributed by atoms with E-state index in [1.54, 1.807) is 6.07 Å². The van der Waals surface area contributed by atoms with Crippen LogP contribution in [0.2, 0.25) is 0 Å². The number of ether oxygens (including phenoxy) is 1. The van der Waals surface area contributed by atoms with E-state index in [0.717, 1.165) is 41.2 Å². The van der Waals surface area contributed by atoms with E-state index in [9.17, 15) is 9.59 Å². The lowest BCUT2D eigenvalue weighted by molar-refractivity contribution is -0.116.